The van der Waals surface area contributed by atoms with Crippen LogP contribution in [0.4, 0.5) is 0 Å². The molecule has 0 nitrogen and oxygen atoms in total. The molecule has 0 bridgehead atoms. The second-order valence-corrected chi connectivity index (χ2v) is 5.41. The Kier molecular flexibility index (Phi) is 3.74. The maximum Gasteiger partial charge on any atom is -0.0135 e. The lowest BCUT2D eigenvalue weighted by Crippen LogP contribution is -2.09. The fourth-order valence-electron chi connectivity index (χ4n) is 1.66. The highest BCUT2D eigenvalue weighted by atomic mass is 14.2. The normalized spacial score (nSPS) is 12.7. The van der Waals surface area contributed by atoms with E-state index in [0.717, 1.165) is 0 Å². The van der Waals surface area contributed by atoms with Gasteiger partial charge in [0.1, 0.15) is 0 Å². The molecule has 1 aromatic rings. The molecule has 0 heterocycles. The Labute approximate surface area is 99.7 Å². The van der Waals surface area contributed by atoms with Crippen LogP contribution in [-0.2, 0) is 0 Å². The van der Waals surface area contributed by atoms with Gasteiger partial charge in [-0.2, -0.15) is 0 Å². The Morgan fingerprint density at radius 1 is 1.19 bits per heavy atom. The fraction of sp³-hybridized carbons (Fsp3) is 0.375. The second kappa shape index (κ2) is 4.69. The summed E-state index contributed by atoms with van der Waals surface area (Å²) in [4.78, 5) is 0. The standard InChI is InChI=1S/C16H22/c1-12-9-7-8-10-15(12)11-13(2)14(3)16(4,5)6/h7-11H,3H2,1-2,4-6H3/b13-11+. The summed E-state index contributed by atoms with van der Waals surface area (Å²) >= 11 is 0. The first-order valence-corrected chi connectivity index (χ1v) is 5.76. The van der Waals surface area contributed by atoms with Crippen LogP contribution in [0.25, 0.3) is 6.08 Å². The lowest BCUT2D eigenvalue weighted by Gasteiger charge is -2.22. The summed E-state index contributed by atoms with van der Waals surface area (Å²) in [6.45, 7) is 15.1. The van der Waals surface area contributed by atoms with Crippen LogP contribution in [0.5, 0.6) is 0 Å². The quantitative estimate of drug-likeness (QED) is 0.608. The van der Waals surface area contributed by atoms with Crippen molar-refractivity contribution >= 4 is 6.08 Å². The zero-order valence-electron chi connectivity index (χ0n) is 11.1. The van der Waals surface area contributed by atoms with Crippen LogP contribution >= 0.6 is 0 Å². The van der Waals surface area contributed by atoms with Gasteiger partial charge in [-0.1, -0.05) is 57.7 Å². The molecule has 0 spiro atoms. The average Bonchev–Trinajstić information content (AvgIpc) is 2.19. The van der Waals surface area contributed by atoms with Crippen molar-refractivity contribution in [3.8, 4) is 0 Å². The maximum absolute atomic E-state index is 4.18. The third kappa shape index (κ3) is 3.10. The predicted molar refractivity (Wildman–Crippen MR) is 73.4 cm³/mol. The molecule has 16 heavy (non-hydrogen) atoms. The topological polar surface area (TPSA) is 0 Å². The van der Waals surface area contributed by atoms with E-state index in [1.165, 1.54) is 22.3 Å². The second-order valence-electron chi connectivity index (χ2n) is 5.41. The molecule has 0 atom stereocenters. The molecule has 0 unspecified atom stereocenters. The van der Waals surface area contributed by atoms with Gasteiger partial charge in [0.05, 0.1) is 0 Å². The van der Waals surface area contributed by atoms with Crippen LogP contribution < -0.4 is 0 Å². The maximum atomic E-state index is 4.18. The molecule has 0 saturated carbocycles. The minimum Gasteiger partial charge on any atom is -0.0950 e. The van der Waals surface area contributed by atoms with E-state index in [1.54, 1.807) is 0 Å². The monoisotopic (exact) mass is 214 g/mol. The van der Waals surface area contributed by atoms with Crippen molar-refractivity contribution in [3.63, 3.8) is 0 Å². The first-order valence-electron chi connectivity index (χ1n) is 5.76. The van der Waals surface area contributed by atoms with E-state index in [4.69, 9.17) is 0 Å². The minimum absolute atomic E-state index is 0.142. The molecular weight excluding hydrogens is 192 g/mol. The van der Waals surface area contributed by atoms with Crippen LogP contribution in [0.1, 0.15) is 38.8 Å². The van der Waals surface area contributed by atoms with Gasteiger partial charge in [-0.15, -0.1) is 0 Å². The Morgan fingerprint density at radius 3 is 2.25 bits per heavy atom. The van der Waals surface area contributed by atoms with Crippen molar-refractivity contribution in [2.75, 3.05) is 0 Å². The van der Waals surface area contributed by atoms with Gasteiger partial charge in [0.15, 0.2) is 0 Å². The van der Waals surface area contributed by atoms with Gasteiger partial charge in [0.2, 0.25) is 0 Å². The summed E-state index contributed by atoms with van der Waals surface area (Å²) in [5.41, 5.74) is 5.20. The molecule has 0 aromatic heterocycles. The number of allylic oxidation sites excluding steroid dienone is 2. The smallest absolute Gasteiger partial charge is 0.0135 e. The van der Waals surface area contributed by atoms with Gasteiger partial charge in [0.25, 0.3) is 0 Å². The Hall–Kier alpha value is -1.30. The van der Waals surface area contributed by atoms with Crippen molar-refractivity contribution in [1.29, 1.82) is 0 Å². The van der Waals surface area contributed by atoms with Crippen molar-refractivity contribution < 1.29 is 0 Å². The fourth-order valence-corrected chi connectivity index (χ4v) is 1.66. The molecule has 0 radical (unpaired) electrons. The van der Waals surface area contributed by atoms with Gasteiger partial charge in [-0.25, -0.2) is 0 Å². The van der Waals surface area contributed by atoms with Gasteiger partial charge in [0, 0.05) is 0 Å². The molecule has 0 fully saturated rings. The molecule has 86 valence electrons. The van der Waals surface area contributed by atoms with E-state index in [2.05, 4.69) is 71.5 Å². The Bertz CT molecular complexity index is 414. The average molecular weight is 214 g/mol. The summed E-state index contributed by atoms with van der Waals surface area (Å²) < 4.78 is 0. The van der Waals surface area contributed by atoms with E-state index in [-0.39, 0.29) is 5.41 Å². The third-order valence-electron chi connectivity index (χ3n) is 2.94. The minimum atomic E-state index is 0.142. The number of rotatable bonds is 2. The highest BCUT2D eigenvalue weighted by molar-refractivity contribution is 5.60. The van der Waals surface area contributed by atoms with Gasteiger partial charge in [-0.3, -0.25) is 0 Å². The SMILES string of the molecule is C=C(/C(C)=C/c1ccccc1C)C(C)(C)C. The van der Waals surface area contributed by atoms with Crippen molar-refractivity contribution in [1.82, 2.24) is 0 Å². The van der Waals surface area contributed by atoms with Crippen LogP contribution in [0.3, 0.4) is 0 Å². The molecule has 1 aromatic carbocycles. The van der Waals surface area contributed by atoms with Gasteiger partial charge in [-0.05, 0) is 41.5 Å². The summed E-state index contributed by atoms with van der Waals surface area (Å²) in [6.07, 6.45) is 2.23. The number of hydrogen-bond acceptors (Lipinski definition) is 0. The zero-order valence-corrected chi connectivity index (χ0v) is 11.1. The highest BCUT2D eigenvalue weighted by Crippen LogP contribution is 2.30. The Balaban J connectivity index is 3.03. The predicted octanol–water partition coefficient (Wildman–Crippen LogP) is 5.00. The first-order chi connectivity index (χ1) is 7.32. The summed E-state index contributed by atoms with van der Waals surface area (Å²) in [5.74, 6) is 0. The van der Waals surface area contributed by atoms with Crippen molar-refractivity contribution in [2.45, 2.75) is 34.6 Å². The molecular formula is C16H22. The molecule has 0 aliphatic heterocycles. The number of hydrogen-bond donors (Lipinski definition) is 0. The van der Waals surface area contributed by atoms with Gasteiger partial charge >= 0.3 is 0 Å². The van der Waals surface area contributed by atoms with Crippen LogP contribution in [0.2, 0.25) is 0 Å². The molecule has 0 N–H and O–H groups in total. The molecule has 0 aliphatic carbocycles. The molecule has 1 rings (SSSR count). The van der Waals surface area contributed by atoms with Crippen molar-refractivity contribution in [3.05, 3.63) is 53.1 Å². The van der Waals surface area contributed by atoms with E-state index >= 15 is 0 Å². The Morgan fingerprint density at radius 2 is 1.75 bits per heavy atom. The molecule has 0 amide bonds. The van der Waals surface area contributed by atoms with Crippen LogP contribution in [0, 0.1) is 12.3 Å². The first kappa shape index (κ1) is 12.8. The lowest BCUT2D eigenvalue weighted by molar-refractivity contribution is 0.513. The van der Waals surface area contributed by atoms with Crippen molar-refractivity contribution in [2.24, 2.45) is 5.41 Å². The molecule has 0 saturated heterocycles. The zero-order chi connectivity index (χ0) is 12.3. The van der Waals surface area contributed by atoms with Gasteiger partial charge < -0.3 is 0 Å². The number of aryl methyl sites for hydroxylation is 1. The molecule has 0 aliphatic rings. The van der Waals surface area contributed by atoms with E-state index in [9.17, 15) is 0 Å². The van der Waals surface area contributed by atoms with Crippen LogP contribution in [-0.4, -0.2) is 0 Å². The highest BCUT2D eigenvalue weighted by Gasteiger charge is 2.15. The lowest BCUT2D eigenvalue weighted by atomic mass is 9.83. The van der Waals surface area contributed by atoms with E-state index < -0.39 is 0 Å². The molecule has 0 heteroatoms. The largest absolute Gasteiger partial charge is 0.0950 e. The summed E-state index contributed by atoms with van der Waals surface area (Å²) in [5, 5.41) is 0. The van der Waals surface area contributed by atoms with E-state index in [0.29, 0.717) is 0 Å². The van der Waals surface area contributed by atoms with Crippen LogP contribution in [0.15, 0.2) is 42.0 Å². The summed E-state index contributed by atoms with van der Waals surface area (Å²) in [6, 6.07) is 8.43. The third-order valence-corrected chi connectivity index (χ3v) is 2.94. The number of benzene rings is 1. The summed E-state index contributed by atoms with van der Waals surface area (Å²) in [7, 11) is 0. The van der Waals surface area contributed by atoms with E-state index in [1.807, 2.05) is 0 Å².